The van der Waals surface area contributed by atoms with Crippen molar-refractivity contribution in [1.29, 1.82) is 0 Å². The van der Waals surface area contributed by atoms with E-state index in [-0.39, 0.29) is 0 Å². The highest BCUT2D eigenvalue weighted by molar-refractivity contribution is 7.11. The summed E-state index contributed by atoms with van der Waals surface area (Å²) in [5.74, 6) is 0. The van der Waals surface area contributed by atoms with Crippen LogP contribution >= 0.6 is 0 Å². The van der Waals surface area contributed by atoms with Gasteiger partial charge in [-0.1, -0.05) is 199 Å². The number of hydrogen-bond donors (Lipinski definition) is 0. The third-order valence-corrected chi connectivity index (χ3v) is 10.5. The Hall–Kier alpha value is -3.13. The van der Waals surface area contributed by atoms with Gasteiger partial charge in [0.25, 0.3) is 0 Å². The minimum atomic E-state index is -0.993. The van der Waals surface area contributed by atoms with Gasteiger partial charge < -0.3 is 0 Å². The molecule has 0 aliphatic carbocycles. The zero-order chi connectivity index (χ0) is 34.3. The maximum Gasteiger partial charge on any atom is 0.168 e. The summed E-state index contributed by atoms with van der Waals surface area (Å²) in [5, 5.41) is 0. The Bertz CT molecular complexity index is 1230. The molecule has 0 atom stereocenters. The summed E-state index contributed by atoms with van der Waals surface area (Å²) in [6.45, 7) is 12.3. The zero-order valence-corrected chi connectivity index (χ0v) is 31.6. The van der Waals surface area contributed by atoms with Crippen molar-refractivity contribution < 1.29 is 4.57 Å². The molecule has 1 nitrogen and oxygen atoms in total. The standard InChI is InChI=1S/C33H46B.C13H22N/c1-5-6-7-8-9-10-11-12-13-14-27-34(31-21-15-28(2)16-22-31,32-23-17-29(3)18-24-32)33-25-19-30(4)20-26-33;1-2-3-4-5-6-8-11-14-12-9-7-10-13-14/h15-26H,5-14,27H2,1-4H3;7,9-10,12-13H,2-6,8,11H2,1H3/q-1;+1. The molecule has 260 valence electrons. The van der Waals surface area contributed by atoms with Crippen molar-refractivity contribution in [3.63, 3.8) is 0 Å². The summed E-state index contributed by atoms with van der Waals surface area (Å²) in [4.78, 5) is 0. The van der Waals surface area contributed by atoms with Crippen molar-refractivity contribution in [2.45, 2.75) is 150 Å². The quantitative estimate of drug-likeness (QED) is 0.0482. The van der Waals surface area contributed by atoms with Crippen LogP contribution in [0.4, 0.5) is 0 Å². The van der Waals surface area contributed by atoms with Gasteiger partial charge in [-0.2, -0.15) is 22.7 Å². The van der Waals surface area contributed by atoms with E-state index in [0.29, 0.717) is 0 Å². The highest BCUT2D eigenvalue weighted by atomic mass is 14.9. The molecule has 0 fully saturated rings. The van der Waals surface area contributed by atoms with Crippen LogP contribution in [0.3, 0.4) is 0 Å². The molecule has 0 saturated heterocycles. The van der Waals surface area contributed by atoms with E-state index in [9.17, 15) is 0 Å². The summed E-state index contributed by atoms with van der Waals surface area (Å²) in [7, 11) is 0. The van der Waals surface area contributed by atoms with Crippen LogP contribution in [-0.2, 0) is 6.54 Å². The van der Waals surface area contributed by atoms with E-state index in [1.807, 2.05) is 0 Å². The molecular weight excluding hydrogens is 577 g/mol. The van der Waals surface area contributed by atoms with E-state index >= 15 is 0 Å². The molecule has 0 unspecified atom stereocenters. The zero-order valence-electron chi connectivity index (χ0n) is 31.6. The number of pyridine rings is 1. The van der Waals surface area contributed by atoms with Crippen molar-refractivity contribution in [2.75, 3.05) is 0 Å². The molecule has 1 heterocycles. The molecule has 3 aromatic carbocycles. The van der Waals surface area contributed by atoms with E-state index < -0.39 is 6.15 Å². The van der Waals surface area contributed by atoms with Gasteiger partial charge in [-0.05, 0) is 27.2 Å². The molecule has 2 heteroatoms. The number of rotatable bonds is 21. The first-order valence-electron chi connectivity index (χ1n) is 19.8. The second-order valence-electron chi connectivity index (χ2n) is 14.6. The minimum Gasteiger partial charge on any atom is -0.205 e. The lowest BCUT2D eigenvalue weighted by Crippen LogP contribution is -2.67. The van der Waals surface area contributed by atoms with E-state index in [4.69, 9.17) is 0 Å². The van der Waals surface area contributed by atoms with Crippen molar-refractivity contribution in [3.8, 4) is 0 Å². The fourth-order valence-electron chi connectivity index (χ4n) is 7.36. The monoisotopic (exact) mass is 646 g/mol. The van der Waals surface area contributed by atoms with Crippen LogP contribution in [-0.4, -0.2) is 6.15 Å². The lowest BCUT2D eigenvalue weighted by atomic mass is 9.14. The fraction of sp³-hybridized carbons (Fsp3) is 0.500. The second kappa shape index (κ2) is 23.3. The summed E-state index contributed by atoms with van der Waals surface area (Å²) >= 11 is 0. The number of nitrogens with zero attached hydrogens (tertiary/aromatic N) is 1. The molecule has 0 aliphatic heterocycles. The average molecular weight is 646 g/mol. The topological polar surface area (TPSA) is 3.88 Å². The van der Waals surface area contributed by atoms with Crippen LogP contribution in [0.2, 0.25) is 6.32 Å². The van der Waals surface area contributed by atoms with Crippen molar-refractivity contribution in [1.82, 2.24) is 0 Å². The number of aryl methyl sites for hydroxylation is 4. The Labute approximate surface area is 296 Å². The predicted octanol–water partition coefficient (Wildman–Crippen LogP) is 11.3. The Morgan fingerprint density at radius 1 is 0.396 bits per heavy atom. The molecule has 0 spiro atoms. The maximum absolute atomic E-state index is 2.39. The lowest BCUT2D eigenvalue weighted by Gasteiger charge is -2.43. The molecule has 0 N–H and O–H groups in total. The molecule has 4 rings (SSSR count). The van der Waals surface area contributed by atoms with Crippen LogP contribution < -0.4 is 21.0 Å². The Morgan fingerprint density at radius 2 is 0.729 bits per heavy atom. The predicted molar refractivity (Wildman–Crippen MR) is 215 cm³/mol. The van der Waals surface area contributed by atoms with Gasteiger partial charge >= 0.3 is 0 Å². The van der Waals surface area contributed by atoms with Crippen LogP contribution in [0, 0.1) is 20.8 Å². The summed E-state index contributed by atoms with van der Waals surface area (Å²) in [5.41, 5.74) is 8.44. The molecule has 0 amide bonds. The Morgan fingerprint density at radius 3 is 1.10 bits per heavy atom. The first-order chi connectivity index (χ1) is 23.5. The summed E-state index contributed by atoms with van der Waals surface area (Å²) in [6, 6.07) is 34.4. The normalized spacial score (nSPS) is 11.3. The van der Waals surface area contributed by atoms with Crippen LogP contribution in [0.1, 0.15) is 133 Å². The van der Waals surface area contributed by atoms with Gasteiger partial charge in [0.15, 0.2) is 12.4 Å². The molecule has 0 saturated carbocycles. The number of hydrogen-bond acceptors (Lipinski definition) is 0. The molecule has 0 aliphatic rings. The van der Waals surface area contributed by atoms with Gasteiger partial charge in [-0.3, -0.25) is 0 Å². The van der Waals surface area contributed by atoms with E-state index in [1.165, 1.54) is 149 Å². The first-order valence-corrected chi connectivity index (χ1v) is 19.8. The average Bonchev–Trinajstić information content (AvgIpc) is 3.11. The third-order valence-electron chi connectivity index (χ3n) is 10.5. The fourth-order valence-corrected chi connectivity index (χ4v) is 7.36. The Kier molecular flexibility index (Phi) is 19.1. The van der Waals surface area contributed by atoms with Crippen molar-refractivity contribution in [3.05, 3.63) is 120 Å². The van der Waals surface area contributed by atoms with E-state index in [2.05, 4.69) is 143 Å². The SMILES string of the molecule is CCCCCCCCCCCC[B-](c1ccc(C)cc1)(c1ccc(C)cc1)c1ccc(C)cc1.CCCCCCCC[n+]1ccccc1. The largest absolute Gasteiger partial charge is 0.205 e. The second-order valence-corrected chi connectivity index (χ2v) is 14.6. The van der Waals surface area contributed by atoms with Crippen LogP contribution in [0.25, 0.3) is 0 Å². The van der Waals surface area contributed by atoms with E-state index in [1.54, 1.807) is 0 Å². The third kappa shape index (κ3) is 13.8. The van der Waals surface area contributed by atoms with Crippen molar-refractivity contribution in [2.24, 2.45) is 0 Å². The van der Waals surface area contributed by atoms with Gasteiger partial charge in [0.2, 0.25) is 0 Å². The van der Waals surface area contributed by atoms with Crippen molar-refractivity contribution >= 4 is 22.5 Å². The maximum atomic E-state index is 2.39. The Balaban J connectivity index is 0.000000373. The molecular formula is C46H68BN. The molecule has 4 aromatic rings. The van der Waals surface area contributed by atoms with Gasteiger partial charge in [0.1, 0.15) is 6.54 Å². The smallest absolute Gasteiger partial charge is 0.168 e. The highest BCUT2D eigenvalue weighted by Gasteiger charge is 2.29. The number of unbranched alkanes of at least 4 members (excludes halogenated alkanes) is 14. The lowest BCUT2D eigenvalue weighted by molar-refractivity contribution is -0.697. The minimum absolute atomic E-state index is 0.993. The van der Waals surface area contributed by atoms with Gasteiger partial charge in [0, 0.05) is 18.6 Å². The number of benzene rings is 3. The molecule has 48 heavy (non-hydrogen) atoms. The van der Waals surface area contributed by atoms with Crippen LogP contribution in [0.5, 0.6) is 0 Å². The number of aromatic nitrogens is 1. The van der Waals surface area contributed by atoms with E-state index in [0.717, 1.165) is 0 Å². The van der Waals surface area contributed by atoms with Crippen LogP contribution in [0.15, 0.2) is 103 Å². The first kappa shape index (κ1) is 39.3. The molecule has 0 radical (unpaired) electrons. The van der Waals surface area contributed by atoms with Gasteiger partial charge in [-0.15, -0.1) is 0 Å². The van der Waals surface area contributed by atoms with Gasteiger partial charge in [0.05, 0.1) is 6.15 Å². The van der Waals surface area contributed by atoms with Gasteiger partial charge in [-0.25, -0.2) is 4.57 Å². The highest BCUT2D eigenvalue weighted by Crippen LogP contribution is 2.20. The summed E-state index contributed by atoms with van der Waals surface area (Å²) < 4.78 is 2.26. The molecule has 0 bridgehead atoms. The molecule has 1 aromatic heterocycles. The summed E-state index contributed by atoms with van der Waals surface area (Å²) in [6.07, 6.45) is 26.6.